The van der Waals surface area contributed by atoms with E-state index in [9.17, 15) is 0 Å². The third-order valence-corrected chi connectivity index (χ3v) is 3.18. The zero-order valence-electron chi connectivity index (χ0n) is 11.7. The molecule has 0 aliphatic heterocycles. The van der Waals surface area contributed by atoms with Crippen molar-refractivity contribution in [2.45, 2.75) is 27.2 Å². The summed E-state index contributed by atoms with van der Waals surface area (Å²) in [5.41, 5.74) is 10.2. The molecule has 0 fully saturated rings. The van der Waals surface area contributed by atoms with E-state index in [0.29, 0.717) is 5.95 Å². The molecular formula is C15H20N4. The molecule has 1 aromatic carbocycles. The van der Waals surface area contributed by atoms with Crippen molar-refractivity contribution in [2.24, 2.45) is 0 Å². The molecule has 4 heteroatoms. The minimum Gasteiger partial charge on any atom is -0.370 e. The maximum absolute atomic E-state index is 5.79. The van der Waals surface area contributed by atoms with Crippen molar-refractivity contribution in [3.8, 4) is 11.3 Å². The van der Waals surface area contributed by atoms with Gasteiger partial charge in [-0.15, -0.1) is 0 Å². The van der Waals surface area contributed by atoms with Gasteiger partial charge in [-0.1, -0.05) is 25.1 Å². The number of anilines is 2. The van der Waals surface area contributed by atoms with Gasteiger partial charge in [-0.05, 0) is 31.4 Å². The van der Waals surface area contributed by atoms with Crippen LogP contribution in [-0.2, 0) is 0 Å². The summed E-state index contributed by atoms with van der Waals surface area (Å²) >= 11 is 0. The van der Waals surface area contributed by atoms with Crippen molar-refractivity contribution in [3.05, 3.63) is 35.4 Å². The van der Waals surface area contributed by atoms with E-state index in [-0.39, 0.29) is 0 Å². The highest BCUT2D eigenvalue weighted by molar-refractivity contribution is 5.68. The number of nitrogens with one attached hydrogen (secondary N) is 1. The van der Waals surface area contributed by atoms with Gasteiger partial charge in [0.15, 0.2) is 0 Å². The van der Waals surface area contributed by atoms with E-state index in [1.807, 2.05) is 12.1 Å². The number of nitrogens with two attached hydrogens (primary N) is 1. The first-order valence-corrected chi connectivity index (χ1v) is 6.57. The lowest BCUT2D eigenvalue weighted by Crippen LogP contribution is -2.06. The van der Waals surface area contributed by atoms with Crippen LogP contribution in [-0.4, -0.2) is 16.5 Å². The lowest BCUT2D eigenvalue weighted by atomic mass is 10.0. The van der Waals surface area contributed by atoms with Crippen LogP contribution in [0.2, 0.25) is 0 Å². The van der Waals surface area contributed by atoms with Crippen molar-refractivity contribution < 1.29 is 0 Å². The molecule has 1 aromatic heterocycles. The van der Waals surface area contributed by atoms with Crippen molar-refractivity contribution in [1.82, 2.24) is 9.97 Å². The zero-order chi connectivity index (χ0) is 13.8. The quantitative estimate of drug-likeness (QED) is 0.882. The van der Waals surface area contributed by atoms with E-state index in [1.165, 1.54) is 11.1 Å². The van der Waals surface area contributed by atoms with Gasteiger partial charge in [-0.3, -0.25) is 0 Å². The van der Waals surface area contributed by atoms with Gasteiger partial charge in [0.2, 0.25) is 5.95 Å². The Hall–Kier alpha value is -2.10. The van der Waals surface area contributed by atoms with Crippen molar-refractivity contribution in [1.29, 1.82) is 0 Å². The molecule has 0 aliphatic rings. The number of hydrogen-bond acceptors (Lipinski definition) is 4. The highest BCUT2D eigenvalue weighted by Crippen LogP contribution is 2.25. The molecular weight excluding hydrogens is 236 g/mol. The summed E-state index contributed by atoms with van der Waals surface area (Å²) in [6.45, 7) is 7.19. The number of hydrogen-bond donors (Lipinski definition) is 2. The second-order valence-corrected chi connectivity index (χ2v) is 4.67. The van der Waals surface area contributed by atoms with E-state index in [4.69, 9.17) is 5.73 Å². The minimum atomic E-state index is 0.303. The second-order valence-electron chi connectivity index (χ2n) is 4.67. The monoisotopic (exact) mass is 256 g/mol. The van der Waals surface area contributed by atoms with Gasteiger partial charge >= 0.3 is 0 Å². The van der Waals surface area contributed by atoms with Gasteiger partial charge in [-0.25, -0.2) is 4.98 Å². The number of aryl methyl sites for hydroxylation is 1. The molecule has 0 aliphatic carbocycles. The van der Waals surface area contributed by atoms with Crippen LogP contribution < -0.4 is 11.1 Å². The normalized spacial score (nSPS) is 10.5. The highest BCUT2D eigenvalue weighted by Gasteiger charge is 2.08. The van der Waals surface area contributed by atoms with Crippen LogP contribution in [0.3, 0.4) is 0 Å². The molecule has 0 spiro atoms. The Balaban J connectivity index is 2.44. The predicted octanol–water partition coefficient (Wildman–Crippen LogP) is 3.16. The first-order valence-electron chi connectivity index (χ1n) is 6.57. The number of aromatic nitrogens is 2. The van der Waals surface area contributed by atoms with Gasteiger partial charge in [0.1, 0.15) is 5.82 Å². The predicted molar refractivity (Wildman–Crippen MR) is 80.1 cm³/mol. The molecule has 1 heterocycles. The SMILES string of the molecule is CCCNc1cc(-c2cccc(C)c2C)nc(N)n1. The summed E-state index contributed by atoms with van der Waals surface area (Å²) in [5.74, 6) is 1.09. The van der Waals surface area contributed by atoms with Crippen LogP contribution in [0.15, 0.2) is 24.3 Å². The molecule has 0 atom stereocenters. The molecule has 0 bridgehead atoms. The van der Waals surface area contributed by atoms with Crippen LogP contribution in [0.5, 0.6) is 0 Å². The Bertz CT molecular complexity index is 578. The number of benzene rings is 1. The van der Waals surface area contributed by atoms with E-state index in [2.05, 4.69) is 48.2 Å². The molecule has 0 saturated carbocycles. The lowest BCUT2D eigenvalue weighted by Gasteiger charge is -2.11. The molecule has 100 valence electrons. The summed E-state index contributed by atoms with van der Waals surface area (Å²) in [6.07, 6.45) is 1.04. The minimum absolute atomic E-state index is 0.303. The highest BCUT2D eigenvalue weighted by atomic mass is 15.1. The van der Waals surface area contributed by atoms with Gasteiger partial charge in [0.05, 0.1) is 5.69 Å². The topological polar surface area (TPSA) is 63.8 Å². The number of rotatable bonds is 4. The standard InChI is InChI=1S/C15H20N4/c1-4-8-17-14-9-13(18-15(16)19-14)12-7-5-6-10(2)11(12)3/h5-7,9H,4,8H2,1-3H3,(H3,16,17,18,19). The Labute approximate surface area is 114 Å². The average Bonchev–Trinajstić information content (AvgIpc) is 2.39. The zero-order valence-corrected chi connectivity index (χ0v) is 11.7. The van der Waals surface area contributed by atoms with Gasteiger partial charge < -0.3 is 11.1 Å². The van der Waals surface area contributed by atoms with Crippen molar-refractivity contribution >= 4 is 11.8 Å². The van der Waals surface area contributed by atoms with E-state index < -0.39 is 0 Å². The van der Waals surface area contributed by atoms with E-state index in [1.54, 1.807) is 0 Å². The Morgan fingerprint density at radius 2 is 2.00 bits per heavy atom. The van der Waals surface area contributed by atoms with Crippen LogP contribution in [0, 0.1) is 13.8 Å². The smallest absolute Gasteiger partial charge is 0.222 e. The molecule has 2 rings (SSSR count). The van der Waals surface area contributed by atoms with Crippen LogP contribution in [0.1, 0.15) is 24.5 Å². The molecule has 2 aromatic rings. The second kappa shape index (κ2) is 5.69. The first-order chi connectivity index (χ1) is 9.11. The largest absolute Gasteiger partial charge is 0.370 e. The molecule has 0 radical (unpaired) electrons. The fraction of sp³-hybridized carbons (Fsp3) is 0.333. The third-order valence-electron chi connectivity index (χ3n) is 3.18. The fourth-order valence-electron chi connectivity index (χ4n) is 1.98. The first kappa shape index (κ1) is 13.3. The third kappa shape index (κ3) is 3.02. The Kier molecular flexibility index (Phi) is 4.00. The molecule has 0 amide bonds. The summed E-state index contributed by atoms with van der Waals surface area (Å²) in [4.78, 5) is 8.55. The van der Waals surface area contributed by atoms with Gasteiger partial charge in [0, 0.05) is 18.2 Å². The van der Waals surface area contributed by atoms with E-state index >= 15 is 0 Å². The molecule has 3 N–H and O–H groups in total. The molecule has 19 heavy (non-hydrogen) atoms. The van der Waals surface area contributed by atoms with Crippen LogP contribution in [0.4, 0.5) is 11.8 Å². The molecule has 0 saturated heterocycles. The average molecular weight is 256 g/mol. The van der Waals surface area contributed by atoms with E-state index in [0.717, 1.165) is 30.0 Å². The number of nitrogens with zero attached hydrogens (tertiary/aromatic N) is 2. The molecule has 0 unspecified atom stereocenters. The van der Waals surface area contributed by atoms with Crippen LogP contribution >= 0.6 is 0 Å². The maximum Gasteiger partial charge on any atom is 0.222 e. The fourth-order valence-corrected chi connectivity index (χ4v) is 1.98. The lowest BCUT2D eigenvalue weighted by molar-refractivity contribution is 0.967. The van der Waals surface area contributed by atoms with Crippen molar-refractivity contribution in [2.75, 3.05) is 17.6 Å². The number of nitrogen functional groups attached to an aromatic ring is 1. The van der Waals surface area contributed by atoms with Crippen molar-refractivity contribution in [3.63, 3.8) is 0 Å². The van der Waals surface area contributed by atoms with Crippen LogP contribution in [0.25, 0.3) is 11.3 Å². The maximum atomic E-state index is 5.79. The summed E-state index contributed by atoms with van der Waals surface area (Å²) in [5, 5.41) is 3.25. The molecule has 4 nitrogen and oxygen atoms in total. The van der Waals surface area contributed by atoms with Gasteiger partial charge in [0.25, 0.3) is 0 Å². The van der Waals surface area contributed by atoms with Gasteiger partial charge in [-0.2, -0.15) is 4.98 Å². The Morgan fingerprint density at radius 3 is 2.74 bits per heavy atom. The summed E-state index contributed by atoms with van der Waals surface area (Å²) in [7, 11) is 0. The summed E-state index contributed by atoms with van der Waals surface area (Å²) < 4.78 is 0. The Morgan fingerprint density at radius 1 is 1.21 bits per heavy atom. The summed E-state index contributed by atoms with van der Waals surface area (Å²) in [6, 6.07) is 8.15.